The highest BCUT2D eigenvalue weighted by Crippen LogP contribution is 2.53. The van der Waals surface area contributed by atoms with E-state index in [0.717, 1.165) is 46.1 Å². The molecule has 0 spiro atoms. The van der Waals surface area contributed by atoms with E-state index in [2.05, 4.69) is 49.4 Å². The molecule has 15 N–H and O–H groups in total. The Labute approximate surface area is 386 Å². The average Bonchev–Trinajstić information content (AvgIpc) is 4.14. The number of ether oxygens (including phenoxy) is 4. The number of nitrogens with two attached hydrogens (primary N) is 3. The fraction of sp³-hybridized carbons (Fsp3) is 0.516. The number of hydrogen-bond donors (Lipinski definition) is 12. The largest absolute Gasteiger partial charge is 0.472 e. The third-order valence-electron chi connectivity index (χ3n) is 11.0. The number of aromatic amines is 2. The molecule has 14 atom stereocenters. The Balaban J connectivity index is 0.941. The first-order chi connectivity index (χ1) is 33.0. The van der Waals surface area contributed by atoms with Crippen LogP contribution in [0.2, 0.25) is 0 Å². The number of nitrogens with one attached hydrogen (secondary N) is 2. The van der Waals surface area contributed by atoms with Gasteiger partial charge in [0.05, 0.1) is 38.8 Å². The second kappa shape index (κ2) is 18.7. The zero-order chi connectivity index (χ0) is 50.2. The lowest BCUT2D eigenvalue weighted by molar-refractivity contribution is -0.0618. The maximum absolute atomic E-state index is 13.8. The number of hydrogen-bond acceptors (Lipinski definition) is 27. The molecule has 9 heterocycles. The number of aromatic nitrogens is 12. The van der Waals surface area contributed by atoms with Gasteiger partial charge in [-0.05, 0) is 0 Å². The summed E-state index contributed by atoms with van der Waals surface area (Å²) in [6, 6.07) is 0. The third kappa shape index (κ3) is 9.60. The van der Waals surface area contributed by atoms with Crippen molar-refractivity contribution in [2.45, 2.75) is 73.6 Å². The van der Waals surface area contributed by atoms with Gasteiger partial charge in [0.25, 0.3) is 11.1 Å². The van der Waals surface area contributed by atoms with Crippen molar-refractivity contribution in [1.29, 1.82) is 0 Å². The van der Waals surface area contributed by atoms with Crippen molar-refractivity contribution in [3.8, 4) is 0 Å². The summed E-state index contributed by atoms with van der Waals surface area (Å²) in [5.41, 5.74) is 15.2. The SMILES string of the molecule is CO[C@H]1C(n2cnc3c(=O)[nH]c(N)nc32)O[C@H](COP(=O)(O)O)[C@H]1OP(=O)(O)OC[C@H]1OC(n2cnc3c(N)ncnc32)[C@H](O)[C@@H]1OP(=O)(O)OCC1OC(n2cnc3c(=O)[nH]c(N)nc32)[C@H](O)[C@@H]1O. The zero-order valence-corrected chi connectivity index (χ0v) is 37.9. The van der Waals surface area contributed by atoms with Gasteiger partial charge in [-0.25, -0.2) is 38.6 Å². The summed E-state index contributed by atoms with van der Waals surface area (Å²) in [7, 11) is -15.0. The predicted octanol–water partition coefficient (Wildman–Crippen LogP) is -4.26. The maximum atomic E-state index is 13.8. The molecule has 0 bridgehead atoms. The number of imidazole rings is 3. The van der Waals surface area contributed by atoms with Crippen molar-refractivity contribution in [3.05, 3.63) is 46.0 Å². The molecule has 3 aliphatic heterocycles. The van der Waals surface area contributed by atoms with Crippen molar-refractivity contribution >= 4 is 74.7 Å². The van der Waals surface area contributed by atoms with E-state index >= 15 is 0 Å². The number of rotatable bonds is 17. The van der Waals surface area contributed by atoms with Crippen LogP contribution in [0.4, 0.5) is 17.7 Å². The Kier molecular flexibility index (Phi) is 13.3. The molecule has 39 heteroatoms. The average molecular weight is 1050 g/mol. The highest BCUT2D eigenvalue weighted by molar-refractivity contribution is 7.47. The van der Waals surface area contributed by atoms with Crippen molar-refractivity contribution < 1.29 is 90.2 Å². The molecule has 36 nitrogen and oxygen atoms in total. The fourth-order valence-corrected chi connectivity index (χ4v) is 10.2. The van der Waals surface area contributed by atoms with Crippen LogP contribution in [0.5, 0.6) is 0 Å². The summed E-state index contributed by atoms with van der Waals surface area (Å²) in [5, 5.41) is 33.4. The van der Waals surface area contributed by atoms with Gasteiger partial charge in [-0.3, -0.25) is 55.9 Å². The number of aliphatic hydroxyl groups is 3. The van der Waals surface area contributed by atoms with Gasteiger partial charge in [-0.2, -0.15) is 9.97 Å². The van der Waals surface area contributed by atoms with Crippen LogP contribution in [-0.2, 0) is 55.3 Å². The number of anilines is 3. The molecule has 3 fully saturated rings. The normalized spacial score (nSPS) is 30.2. The van der Waals surface area contributed by atoms with E-state index < -0.39 is 128 Å². The molecule has 380 valence electrons. The molecule has 6 unspecified atom stereocenters. The second-order valence-electron chi connectivity index (χ2n) is 15.5. The van der Waals surface area contributed by atoms with Crippen LogP contribution in [0.15, 0.2) is 34.9 Å². The van der Waals surface area contributed by atoms with Crippen LogP contribution in [0, 0.1) is 0 Å². The fourth-order valence-electron chi connectivity index (χ4n) is 7.94. The third-order valence-corrected chi connectivity index (χ3v) is 13.5. The number of phosphoric ester groups is 3. The molecule has 6 aromatic heterocycles. The van der Waals surface area contributed by atoms with Gasteiger partial charge in [0, 0.05) is 7.11 Å². The standard InChI is InChI=1S/C31H40N15O21P3/c1-59-20-19(11(3-60-68(52,53)54)65-29(20)46-8-39-14-24(46)41-31(34)43-26(14)51)67-70(57,58)62-4-10-18(17(49)28(64-10)44-6-37-12-21(32)35-5-36-22(12)44)66-69(55,56)61-2-9-15(47)16(48)27(63-9)45-7-38-13-23(45)40-30(33)42-25(13)50/h5-11,15-20,27-29,47-49H,2-4H2,1H3,(H,55,56)(H,57,58)(H2,32,35,36)(H2,52,53,54)(H3,33,40,42,50)(H3,34,41,43,51)/t9?,10-,11-,15-,16-,17-,18-,19-,20-,27?,28?,29?/m1/s1. The molecule has 6 aromatic rings. The molecule has 3 saturated heterocycles. The van der Waals surface area contributed by atoms with E-state index in [4.69, 9.17) is 54.2 Å². The monoisotopic (exact) mass is 1050 g/mol. The minimum absolute atomic E-state index is 0.0109. The molecule has 0 aromatic carbocycles. The van der Waals surface area contributed by atoms with Crippen LogP contribution in [-0.4, -0.2) is 175 Å². The van der Waals surface area contributed by atoms with Gasteiger partial charge < -0.3 is 71.0 Å². The molecule has 0 saturated carbocycles. The summed E-state index contributed by atoms with van der Waals surface area (Å²) >= 11 is 0. The smallest absolute Gasteiger partial charge is 0.387 e. The molecule has 9 rings (SSSR count). The summed E-state index contributed by atoms with van der Waals surface area (Å²) in [4.78, 5) is 98.5. The Hall–Kier alpha value is -5.30. The zero-order valence-electron chi connectivity index (χ0n) is 35.3. The van der Waals surface area contributed by atoms with E-state index in [1.807, 2.05) is 0 Å². The van der Waals surface area contributed by atoms with Crippen molar-refractivity contribution in [1.82, 2.24) is 58.6 Å². The number of nitrogen functional groups attached to an aromatic ring is 3. The Morgan fingerprint density at radius 1 is 0.600 bits per heavy atom. The van der Waals surface area contributed by atoms with Crippen molar-refractivity contribution in [2.75, 3.05) is 44.1 Å². The summed E-state index contributed by atoms with van der Waals surface area (Å²) < 4.78 is 91.6. The van der Waals surface area contributed by atoms with Gasteiger partial charge in [0.1, 0.15) is 66.8 Å². The quantitative estimate of drug-likeness (QED) is 0.0385. The van der Waals surface area contributed by atoms with E-state index in [9.17, 15) is 58.2 Å². The first-order valence-electron chi connectivity index (χ1n) is 20.0. The lowest BCUT2D eigenvalue weighted by Gasteiger charge is -2.27. The van der Waals surface area contributed by atoms with Crippen LogP contribution in [0.3, 0.4) is 0 Å². The van der Waals surface area contributed by atoms with E-state index in [1.54, 1.807) is 0 Å². The molecular formula is C31H40N15O21P3. The minimum atomic E-state index is -5.49. The summed E-state index contributed by atoms with van der Waals surface area (Å²) in [6.07, 6.45) is -16.0. The van der Waals surface area contributed by atoms with Crippen LogP contribution in [0.1, 0.15) is 18.7 Å². The van der Waals surface area contributed by atoms with Gasteiger partial charge >= 0.3 is 23.5 Å². The van der Waals surface area contributed by atoms with Crippen molar-refractivity contribution in [2.24, 2.45) is 0 Å². The first kappa shape index (κ1) is 49.7. The molecule has 0 aliphatic carbocycles. The number of nitrogens with zero attached hydrogens (tertiary/aromatic N) is 10. The van der Waals surface area contributed by atoms with Gasteiger partial charge in [-0.15, -0.1) is 0 Å². The van der Waals surface area contributed by atoms with Gasteiger partial charge in [-0.1, -0.05) is 0 Å². The number of methoxy groups -OCH3 is 1. The molecule has 3 aliphatic rings. The highest BCUT2D eigenvalue weighted by atomic mass is 31.2. The highest BCUT2D eigenvalue weighted by Gasteiger charge is 2.54. The molecule has 0 radical (unpaired) electrons. The van der Waals surface area contributed by atoms with E-state index in [-0.39, 0.29) is 51.2 Å². The second-order valence-corrected chi connectivity index (χ2v) is 19.5. The van der Waals surface area contributed by atoms with E-state index in [0.29, 0.717) is 0 Å². The van der Waals surface area contributed by atoms with Crippen LogP contribution in [0.25, 0.3) is 33.5 Å². The van der Waals surface area contributed by atoms with Crippen LogP contribution >= 0.6 is 23.5 Å². The molecule has 0 amide bonds. The number of H-pyrrole nitrogens is 2. The number of fused-ring (bicyclic) bond motifs is 3. The van der Waals surface area contributed by atoms with Gasteiger partial charge in [0.2, 0.25) is 11.9 Å². The minimum Gasteiger partial charge on any atom is -0.387 e. The van der Waals surface area contributed by atoms with Gasteiger partial charge in [0.15, 0.2) is 52.5 Å². The Morgan fingerprint density at radius 2 is 1.07 bits per heavy atom. The number of phosphoric acid groups is 3. The topological polar surface area (TPSA) is 525 Å². The van der Waals surface area contributed by atoms with E-state index in [1.165, 1.54) is 0 Å². The Morgan fingerprint density at radius 3 is 1.66 bits per heavy atom. The maximum Gasteiger partial charge on any atom is 0.472 e. The lowest BCUT2D eigenvalue weighted by Crippen LogP contribution is -2.38. The molecular weight excluding hydrogens is 1010 g/mol. The predicted molar refractivity (Wildman–Crippen MR) is 225 cm³/mol. The number of aliphatic hydroxyl groups excluding tert-OH is 3. The van der Waals surface area contributed by atoms with Crippen molar-refractivity contribution in [3.63, 3.8) is 0 Å². The van der Waals surface area contributed by atoms with Crippen LogP contribution < -0.4 is 28.3 Å². The Bertz CT molecular complexity index is 3200. The summed E-state index contributed by atoms with van der Waals surface area (Å²) in [5.74, 6) is -0.716. The summed E-state index contributed by atoms with van der Waals surface area (Å²) in [6.45, 7) is -3.06. The lowest BCUT2D eigenvalue weighted by atomic mass is 10.1. The molecule has 70 heavy (non-hydrogen) atoms. The first-order valence-corrected chi connectivity index (χ1v) is 24.5.